The molecule has 0 unspecified atom stereocenters. The maximum atomic E-state index is 10.2. The summed E-state index contributed by atoms with van der Waals surface area (Å²) in [6, 6.07) is 15.7. The van der Waals surface area contributed by atoms with Gasteiger partial charge in [-0.15, -0.1) is 5.10 Å². The summed E-state index contributed by atoms with van der Waals surface area (Å²) in [7, 11) is 0. The van der Waals surface area contributed by atoms with Gasteiger partial charge in [0.1, 0.15) is 0 Å². The van der Waals surface area contributed by atoms with E-state index in [2.05, 4.69) is 22.4 Å². The van der Waals surface area contributed by atoms with Crippen molar-refractivity contribution in [1.29, 1.82) is 0 Å². The van der Waals surface area contributed by atoms with Crippen molar-refractivity contribution in [1.82, 2.24) is 15.0 Å². The lowest BCUT2D eigenvalue weighted by molar-refractivity contribution is 0.316. The Hall–Kier alpha value is -2.82. The number of hydrogen-bond donors (Lipinski definition) is 1. The third-order valence-electron chi connectivity index (χ3n) is 3.81. The minimum absolute atomic E-state index is 0.219. The zero-order chi connectivity index (χ0) is 16.8. The molecule has 0 radical (unpaired) electrons. The number of ether oxygens (including phenoxy) is 1. The van der Waals surface area contributed by atoms with Gasteiger partial charge in [-0.25, -0.2) is 4.68 Å². The predicted octanol–water partition coefficient (Wildman–Crippen LogP) is 3.22. The fourth-order valence-electron chi connectivity index (χ4n) is 2.61. The molecule has 124 valence electrons. The van der Waals surface area contributed by atoms with E-state index in [0.717, 1.165) is 17.7 Å². The molecule has 0 saturated carbocycles. The van der Waals surface area contributed by atoms with Crippen molar-refractivity contribution in [3.63, 3.8) is 0 Å². The first-order valence-corrected chi connectivity index (χ1v) is 8.13. The van der Waals surface area contributed by atoms with Gasteiger partial charge < -0.3 is 9.84 Å². The van der Waals surface area contributed by atoms with Crippen LogP contribution in [0.2, 0.25) is 0 Å². The topological polar surface area (TPSA) is 60.2 Å². The van der Waals surface area contributed by atoms with E-state index in [9.17, 15) is 5.11 Å². The first-order valence-electron chi connectivity index (χ1n) is 8.13. The Labute approximate surface area is 141 Å². The number of benzene rings is 2. The monoisotopic (exact) mass is 323 g/mol. The van der Waals surface area contributed by atoms with Gasteiger partial charge in [0.2, 0.25) is 0 Å². The molecule has 0 spiro atoms. The van der Waals surface area contributed by atoms with Crippen LogP contribution in [0.5, 0.6) is 11.5 Å². The molecule has 0 saturated heterocycles. The van der Waals surface area contributed by atoms with Crippen LogP contribution in [-0.4, -0.2) is 26.7 Å². The molecule has 24 heavy (non-hydrogen) atoms. The second-order valence-corrected chi connectivity index (χ2v) is 5.59. The van der Waals surface area contributed by atoms with Crippen molar-refractivity contribution in [3.8, 4) is 11.5 Å². The van der Waals surface area contributed by atoms with Crippen LogP contribution in [0.4, 0.5) is 0 Å². The van der Waals surface area contributed by atoms with Crippen LogP contribution in [0.25, 0.3) is 0 Å². The normalized spacial score (nSPS) is 10.7. The Kier molecular flexibility index (Phi) is 5.11. The van der Waals surface area contributed by atoms with Crippen LogP contribution >= 0.6 is 0 Å². The quantitative estimate of drug-likeness (QED) is 0.725. The molecule has 2 aromatic carbocycles. The highest BCUT2D eigenvalue weighted by Crippen LogP contribution is 2.30. The lowest BCUT2D eigenvalue weighted by Crippen LogP contribution is -1.99. The van der Waals surface area contributed by atoms with Crippen LogP contribution in [-0.2, 0) is 19.4 Å². The number of phenolic OH excluding ortho intramolecular Hbond substituents is 1. The Morgan fingerprint density at radius 2 is 1.88 bits per heavy atom. The van der Waals surface area contributed by atoms with E-state index in [1.165, 1.54) is 5.56 Å². The Morgan fingerprint density at radius 3 is 2.67 bits per heavy atom. The van der Waals surface area contributed by atoms with Crippen LogP contribution in [0.15, 0.2) is 54.7 Å². The number of rotatable bonds is 7. The third-order valence-corrected chi connectivity index (χ3v) is 3.81. The molecule has 0 amide bonds. The fourth-order valence-corrected chi connectivity index (χ4v) is 2.61. The highest BCUT2D eigenvalue weighted by Gasteiger charge is 2.09. The summed E-state index contributed by atoms with van der Waals surface area (Å²) in [5, 5.41) is 18.6. The Bertz CT molecular complexity index is 784. The largest absolute Gasteiger partial charge is 0.504 e. The molecule has 1 aromatic heterocycles. The summed E-state index contributed by atoms with van der Waals surface area (Å²) in [4.78, 5) is 0. The fraction of sp³-hybridized carbons (Fsp3) is 0.263. The number of hydrogen-bond acceptors (Lipinski definition) is 4. The molecule has 0 fully saturated rings. The highest BCUT2D eigenvalue weighted by atomic mass is 16.5. The minimum Gasteiger partial charge on any atom is -0.504 e. The van der Waals surface area contributed by atoms with E-state index < -0.39 is 0 Å². The molecular formula is C19H21N3O2. The van der Waals surface area contributed by atoms with Gasteiger partial charge in [-0.05, 0) is 37.0 Å². The third kappa shape index (κ3) is 3.93. The Balaban J connectivity index is 1.62. The second-order valence-electron chi connectivity index (χ2n) is 5.59. The molecule has 0 aliphatic carbocycles. The zero-order valence-electron chi connectivity index (χ0n) is 13.7. The van der Waals surface area contributed by atoms with E-state index >= 15 is 0 Å². The van der Waals surface area contributed by atoms with Gasteiger partial charge >= 0.3 is 0 Å². The van der Waals surface area contributed by atoms with Crippen molar-refractivity contribution in [2.75, 3.05) is 6.61 Å². The molecule has 0 aliphatic heterocycles. The second kappa shape index (κ2) is 7.64. The van der Waals surface area contributed by atoms with Crippen molar-refractivity contribution in [3.05, 3.63) is 71.5 Å². The average molecular weight is 323 g/mol. The summed E-state index contributed by atoms with van der Waals surface area (Å²) in [5.74, 6) is 0.749. The van der Waals surface area contributed by atoms with Gasteiger partial charge in [0.05, 0.1) is 18.8 Å². The van der Waals surface area contributed by atoms with E-state index in [1.54, 1.807) is 6.07 Å². The maximum absolute atomic E-state index is 10.2. The number of nitrogens with zero attached hydrogens (tertiary/aromatic N) is 3. The van der Waals surface area contributed by atoms with Gasteiger partial charge in [-0.2, -0.15) is 0 Å². The van der Waals surface area contributed by atoms with Crippen molar-refractivity contribution in [2.45, 2.75) is 26.3 Å². The standard InChI is InChI=1S/C19H21N3O2/c1-2-24-18-10-6-9-16(19(18)23)11-12-17-14-22(21-20-17)13-15-7-4-3-5-8-15/h3-10,14,23H,2,11-13H2,1H3. The number of aryl methyl sites for hydroxylation is 2. The van der Waals surface area contributed by atoms with Gasteiger partial charge in [0, 0.05) is 6.20 Å². The first-order chi connectivity index (χ1) is 11.8. The van der Waals surface area contributed by atoms with E-state index in [1.807, 2.05) is 48.1 Å². The molecule has 0 bridgehead atoms. The number of aromatic hydroxyl groups is 1. The van der Waals surface area contributed by atoms with Crippen molar-refractivity contribution in [2.24, 2.45) is 0 Å². The highest BCUT2D eigenvalue weighted by molar-refractivity contribution is 5.45. The first kappa shape index (κ1) is 16.1. The lowest BCUT2D eigenvalue weighted by atomic mass is 10.1. The van der Waals surface area contributed by atoms with E-state index in [4.69, 9.17) is 4.74 Å². The maximum Gasteiger partial charge on any atom is 0.161 e. The summed E-state index contributed by atoms with van der Waals surface area (Å²) >= 11 is 0. The smallest absolute Gasteiger partial charge is 0.161 e. The molecule has 0 atom stereocenters. The zero-order valence-corrected chi connectivity index (χ0v) is 13.7. The van der Waals surface area contributed by atoms with Gasteiger partial charge in [0.15, 0.2) is 11.5 Å². The lowest BCUT2D eigenvalue weighted by Gasteiger charge is -2.09. The van der Waals surface area contributed by atoms with Crippen LogP contribution < -0.4 is 4.74 Å². The number of para-hydroxylation sites is 1. The molecule has 1 heterocycles. The molecule has 5 heteroatoms. The Morgan fingerprint density at radius 1 is 1.04 bits per heavy atom. The predicted molar refractivity (Wildman–Crippen MR) is 92.2 cm³/mol. The summed E-state index contributed by atoms with van der Waals surface area (Å²) in [6.07, 6.45) is 3.37. The van der Waals surface area contributed by atoms with Gasteiger partial charge in [-0.3, -0.25) is 0 Å². The molecular weight excluding hydrogens is 302 g/mol. The molecule has 1 N–H and O–H groups in total. The summed E-state index contributed by atoms with van der Waals surface area (Å²) in [5.41, 5.74) is 2.96. The minimum atomic E-state index is 0.219. The van der Waals surface area contributed by atoms with Crippen LogP contribution in [0, 0.1) is 0 Å². The number of aromatic nitrogens is 3. The molecule has 0 aliphatic rings. The van der Waals surface area contributed by atoms with Crippen molar-refractivity contribution >= 4 is 0 Å². The summed E-state index contributed by atoms with van der Waals surface area (Å²) < 4.78 is 7.25. The van der Waals surface area contributed by atoms with Crippen LogP contribution in [0.3, 0.4) is 0 Å². The summed E-state index contributed by atoms with van der Waals surface area (Å²) in [6.45, 7) is 3.14. The van der Waals surface area contributed by atoms with E-state index in [-0.39, 0.29) is 5.75 Å². The van der Waals surface area contributed by atoms with Crippen LogP contribution in [0.1, 0.15) is 23.7 Å². The molecule has 3 aromatic rings. The average Bonchev–Trinajstić information content (AvgIpc) is 3.04. The SMILES string of the molecule is CCOc1cccc(CCc2cn(Cc3ccccc3)nn2)c1O. The van der Waals surface area contributed by atoms with Crippen molar-refractivity contribution < 1.29 is 9.84 Å². The van der Waals surface area contributed by atoms with Gasteiger partial charge in [-0.1, -0.05) is 47.7 Å². The molecule has 5 nitrogen and oxygen atoms in total. The molecule has 3 rings (SSSR count). The van der Waals surface area contributed by atoms with Gasteiger partial charge in [0.25, 0.3) is 0 Å². The number of phenols is 1. The van der Waals surface area contributed by atoms with E-state index in [0.29, 0.717) is 25.3 Å².